The van der Waals surface area contributed by atoms with Gasteiger partial charge in [0.1, 0.15) is 11.4 Å². The van der Waals surface area contributed by atoms with Crippen LogP contribution >= 0.6 is 34.8 Å². The highest BCUT2D eigenvalue weighted by atomic mass is 35.5. The Balaban J connectivity index is 0.000000401. The number of benzene rings is 5. The first-order valence-corrected chi connectivity index (χ1v) is 98.2. The lowest BCUT2D eigenvalue weighted by Crippen LogP contribution is -2.11. The Morgan fingerprint density at radius 3 is 0.972 bits per heavy atom. The number of halogens is 3. The minimum atomic E-state index is -0.952. The van der Waals surface area contributed by atoms with E-state index < -0.39 is 5.97 Å². The van der Waals surface area contributed by atoms with Crippen molar-refractivity contribution >= 4 is 575 Å². The molecule has 2 N–H and O–H groups in total. The molecule has 0 radical (unpaired) electrons. The van der Waals surface area contributed by atoms with Crippen LogP contribution in [0.5, 0.6) is 0 Å². The highest BCUT2D eigenvalue weighted by Gasteiger charge is 2.23. The lowest BCUT2D eigenvalue weighted by Gasteiger charge is -2.10. The van der Waals surface area contributed by atoms with E-state index in [1.165, 1.54) is 35.5 Å². The van der Waals surface area contributed by atoms with Crippen LogP contribution < -0.4 is 0 Å². The first-order chi connectivity index (χ1) is 52.0. The number of hydrogen-bond donors (Lipinski definition) is 2. The lowest BCUT2D eigenvalue weighted by molar-refractivity contribution is 0.0519. The fourth-order valence-corrected chi connectivity index (χ4v) is 139. The van der Waals surface area contributed by atoms with Gasteiger partial charge in [-0.05, 0) is 83.3 Å². The first kappa shape index (κ1) is 108. The zero-order valence-electron chi connectivity index (χ0n) is 50.0. The molecule has 0 atom stereocenters. The number of nitrogens with zero attached hydrogens (tertiary/aromatic N) is 1. The third-order valence-electron chi connectivity index (χ3n) is 9.77. The van der Waals surface area contributed by atoms with E-state index in [1.54, 1.807) is 191 Å². The minimum Gasteiger partial charge on any atom is -0.477 e. The standard InChI is InChI=1S/C23H17Cl2NO2.C18H16ClNO2.CH4.S44.S12/c24-17-8-6-16(7-9-17)14-26-21-11-10-18(25)13-19(21)20(22(26)23(27)28)12-15-4-2-1-3-5-15;1-2-22-18(21)17-15(10-12-6-4-3-5-7-12)14-11-13(19)8-9-16(14)20-17;;1-3-5-7-9-11-13-15-17-19-21-23-25-27-29-31-33-35-37-39-41-43-44-42-40-38-36-34-32-30-28-26-24-22-20-18-16-14-12-10-8-6-4-2;1-3-5-7-9-11-12-10-8-6-4-2/h1-11,13H,12,14H2,(H,27,28);3-9,11,20H,2,10H2,1H3;1H4;;. The minimum absolute atomic E-state index is 0. The summed E-state index contributed by atoms with van der Waals surface area (Å²) in [6, 6.07) is 38.4. The van der Waals surface area contributed by atoms with Gasteiger partial charge in [0.15, 0.2) is 0 Å². The Kier molecular flexibility index (Phi) is 78.0. The number of fused-ring (bicyclic) bond motifs is 2. The van der Waals surface area contributed by atoms with Crippen LogP contribution in [0.3, 0.4) is 0 Å². The zero-order chi connectivity index (χ0) is 76.0. The third kappa shape index (κ3) is 54.6. The fourth-order valence-electron chi connectivity index (χ4n) is 6.68. The number of H-pyrrole nitrogens is 1. The molecule has 0 fully saturated rings. The summed E-state index contributed by atoms with van der Waals surface area (Å²) < 4.78 is 7.01. The molecule has 0 saturated heterocycles. The van der Waals surface area contributed by atoms with Gasteiger partial charge in [0.2, 0.25) is 0 Å². The molecule has 6 nitrogen and oxygen atoms in total. The van der Waals surface area contributed by atoms with Crippen molar-refractivity contribution in [3.05, 3.63) is 176 Å². The number of carboxylic acid groups (broad SMARTS) is 1. The van der Waals surface area contributed by atoms with Crippen molar-refractivity contribution in [1.82, 2.24) is 9.55 Å². The Hall–Kier alpha value is 7.31. The fraction of sp³-hybridized carbons (Fsp3) is 0.143. The SMILES string of the molecule is C.CCOC(=O)c1[nH]c2ccc(Cl)cc2c1Cc1ccccc1.O=C(O)c1c(Cc2ccccc2)c2cc(Cl)ccc2n1Cc1ccc(Cl)cc1.S=S=S=S=S=S=S=S=S=S=S=S.S=S=S=S=S=S=S=S=S=S=S=S=S=S=S=S=S=S=S=S=S=S=S=S=S=S=S=S=S=S=S=S=S=S=S=S=S=S=S=S=S=S=S=S. The third-order valence-corrected chi connectivity index (χ3v) is 122. The maximum Gasteiger partial charge on any atom is 0.355 e. The Labute approximate surface area is 801 Å². The normalized spacial score (nSPS) is 9.08. The summed E-state index contributed by atoms with van der Waals surface area (Å²) in [6.07, 6.45) is 1.17. The summed E-state index contributed by atoms with van der Waals surface area (Å²) in [5.74, 6) is -1.28. The average molecular weight is 2540 g/mol. The number of aromatic amines is 1. The molecule has 107 heavy (non-hydrogen) atoms. The van der Waals surface area contributed by atoms with Gasteiger partial charge in [0.25, 0.3) is 0 Å². The molecular formula is C42H37Cl3N2O4S56. The number of hydrogen-bond acceptors (Lipinski definition) is 7. The van der Waals surface area contributed by atoms with Gasteiger partial charge in [-0.2, -0.15) is 0 Å². The van der Waals surface area contributed by atoms with Crippen molar-refractivity contribution in [2.75, 3.05) is 6.61 Å². The highest BCUT2D eigenvalue weighted by Crippen LogP contribution is 2.32. The Morgan fingerprint density at radius 2 is 0.664 bits per heavy atom. The van der Waals surface area contributed by atoms with Crippen molar-refractivity contribution in [3.63, 3.8) is 0 Å². The summed E-state index contributed by atoms with van der Waals surface area (Å²) in [5, 5.41) is 13.7. The largest absolute Gasteiger partial charge is 0.477 e. The second-order valence-electron chi connectivity index (χ2n) is 15.3. The van der Waals surface area contributed by atoms with Crippen LogP contribution in [0.25, 0.3) is 21.8 Å². The van der Waals surface area contributed by atoms with Crippen molar-refractivity contribution in [2.24, 2.45) is 0 Å². The van der Waals surface area contributed by atoms with Gasteiger partial charge in [-0.1, -0.05) is 115 Å². The van der Waals surface area contributed by atoms with Gasteiger partial charge in [0.05, 0.1) is 6.61 Å². The van der Waals surface area contributed by atoms with Gasteiger partial charge in [-0.3, -0.25) is 0 Å². The molecule has 5 aromatic carbocycles. The number of carbonyl (C=O) groups excluding carboxylic acids is 1. The van der Waals surface area contributed by atoms with Crippen LogP contribution in [0.2, 0.25) is 15.1 Å². The van der Waals surface area contributed by atoms with E-state index >= 15 is 0 Å². The molecule has 7 rings (SSSR count). The molecular weight excluding hydrogens is 2500 g/mol. The van der Waals surface area contributed by atoms with Crippen LogP contribution in [0, 0.1) is 0 Å². The monoisotopic (exact) mass is 2530 g/mol. The van der Waals surface area contributed by atoms with E-state index in [2.05, 4.69) is 27.4 Å². The number of carbonyl (C=O) groups is 2. The predicted molar refractivity (Wildman–Crippen MR) is 621 cm³/mol. The van der Waals surface area contributed by atoms with E-state index in [0.717, 1.165) is 49.6 Å². The molecule has 0 spiro atoms. The van der Waals surface area contributed by atoms with Crippen molar-refractivity contribution < 1.29 is 19.4 Å². The van der Waals surface area contributed by atoms with Crippen molar-refractivity contribution in [3.8, 4) is 0 Å². The maximum atomic E-state index is 12.3. The molecule has 2 heterocycles. The van der Waals surface area contributed by atoms with Gasteiger partial charge >= 0.3 is 11.9 Å². The number of nitrogens with one attached hydrogen (secondary N) is 1. The zero-order valence-corrected chi connectivity index (χ0v) is 98.0. The highest BCUT2D eigenvalue weighted by molar-refractivity contribution is 8.82. The van der Waals surface area contributed by atoms with Crippen LogP contribution in [0.4, 0.5) is 0 Å². The molecule has 0 saturated carbocycles. The molecule has 0 aliphatic heterocycles. The van der Waals surface area contributed by atoms with Gasteiger partial charge < -0.3 is 19.4 Å². The summed E-state index contributed by atoms with van der Waals surface area (Å²) in [6.45, 7) is 2.58. The number of rotatable bonds is 9. The summed E-state index contributed by atoms with van der Waals surface area (Å²) in [5.41, 5.74) is 7.38. The topological polar surface area (TPSA) is 84.3 Å². The van der Waals surface area contributed by atoms with Crippen molar-refractivity contribution in [1.29, 1.82) is 0 Å². The van der Waals surface area contributed by atoms with Crippen LogP contribution in [0.15, 0.2) is 121 Å². The number of carboxylic acids is 1. The molecule has 65 heteroatoms. The summed E-state index contributed by atoms with van der Waals surface area (Å²) in [7, 11) is 91.0. The molecule has 0 aliphatic carbocycles. The molecule has 0 bridgehead atoms. The second kappa shape index (κ2) is 76.9. The molecule has 0 unspecified atom stereocenters. The predicted octanol–water partition coefficient (Wildman–Crippen LogP) is 11.4. The van der Waals surface area contributed by atoms with Crippen molar-refractivity contribution in [2.45, 2.75) is 33.7 Å². The number of aromatic nitrogens is 2. The molecule has 596 valence electrons. The smallest absolute Gasteiger partial charge is 0.355 e. The van der Waals surface area contributed by atoms with Gasteiger partial charge in [-0.25, -0.2) is 9.59 Å². The number of aromatic carboxylic acids is 1. The van der Waals surface area contributed by atoms with E-state index in [9.17, 15) is 14.7 Å². The van der Waals surface area contributed by atoms with E-state index in [0.29, 0.717) is 46.8 Å². The Morgan fingerprint density at radius 1 is 0.374 bits per heavy atom. The first-order valence-electron chi connectivity index (χ1n) is 25.0. The number of ether oxygens (including phenoxy) is 1. The summed E-state index contributed by atoms with van der Waals surface area (Å²) in [4.78, 5) is 27.6. The molecule has 7 aromatic rings. The van der Waals surface area contributed by atoms with Gasteiger partial charge in [0, 0.05) is 563 Å². The van der Waals surface area contributed by atoms with Crippen LogP contribution in [-0.4, -0.2) is 33.2 Å². The van der Waals surface area contributed by atoms with Crippen LogP contribution in [0.1, 0.15) is 63.1 Å². The van der Waals surface area contributed by atoms with Crippen LogP contribution in [-0.2, 0) is 531 Å². The maximum absolute atomic E-state index is 12.3. The average Bonchev–Trinajstić information content (AvgIpc) is 1.61. The Bertz CT molecular complexity index is 6740. The van der Waals surface area contributed by atoms with E-state index in [4.69, 9.17) is 61.9 Å². The summed E-state index contributed by atoms with van der Waals surface area (Å²) >= 11 is 37.3. The quantitative estimate of drug-likeness (QED) is 0.138. The van der Waals surface area contributed by atoms with E-state index in [1.807, 2.05) is 368 Å². The second-order valence-corrected chi connectivity index (χ2v) is 109. The van der Waals surface area contributed by atoms with E-state index in [-0.39, 0.29) is 19.1 Å². The number of esters is 1. The van der Waals surface area contributed by atoms with Gasteiger partial charge in [-0.15, -0.1) is 0 Å². The molecule has 0 amide bonds. The molecule has 2 aromatic heterocycles. The molecule has 0 aliphatic rings. The lowest BCUT2D eigenvalue weighted by atomic mass is 10.0.